The Labute approximate surface area is 120 Å². The zero-order valence-electron chi connectivity index (χ0n) is 10.4. The molecule has 1 heterocycles. The molecular formula is C11H11FN4O2S2. The minimum absolute atomic E-state index is 0.0266. The number of halogens is 1. The highest BCUT2D eigenvalue weighted by Gasteiger charge is 2.18. The Balaban J connectivity index is 2.35. The van der Waals surface area contributed by atoms with E-state index in [1.165, 1.54) is 29.2 Å². The Bertz CT molecular complexity index is 770. The van der Waals surface area contributed by atoms with Gasteiger partial charge in [0.1, 0.15) is 10.8 Å². The summed E-state index contributed by atoms with van der Waals surface area (Å²) in [4.78, 5) is 3.60. The minimum Gasteiger partial charge on any atom is -0.389 e. The number of sulfonamides is 1. The lowest BCUT2D eigenvalue weighted by atomic mass is 10.2. The fraction of sp³-hybridized carbons (Fsp3) is 0.0909. The van der Waals surface area contributed by atoms with E-state index in [0.717, 1.165) is 6.07 Å². The van der Waals surface area contributed by atoms with E-state index in [1.54, 1.807) is 7.05 Å². The van der Waals surface area contributed by atoms with Crippen LogP contribution in [0, 0.1) is 5.82 Å². The van der Waals surface area contributed by atoms with Gasteiger partial charge in [-0.3, -0.25) is 4.72 Å². The summed E-state index contributed by atoms with van der Waals surface area (Å²) >= 11 is 4.69. The van der Waals surface area contributed by atoms with Crippen molar-refractivity contribution in [1.29, 1.82) is 0 Å². The number of hydrogen-bond acceptors (Lipinski definition) is 4. The van der Waals surface area contributed by atoms with E-state index in [4.69, 9.17) is 18.0 Å². The van der Waals surface area contributed by atoms with Crippen LogP contribution in [-0.4, -0.2) is 23.0 Å². The van der Waals surface area contributed by atoms with Crippen LogP contribution in [0.2, 0.25) is 0 Å². The van der Waals surface area contributed by atoms with Gasteiger partial charge in [-0.2, -0.15) is 8.42 Å². The molecule has 9 heteroatoms. The molecule has 1 aromatic carbocycles. The molecule has 3 N–H and O–H groups in total. The summed E-state index contributed by atoms with van der Waals surface area (Å²) in [5, 5.41) is -0.138. The van der Waals surface area contributed by atoms with Gasteiger partial charge in [-0.05, 0) is 18.2 Å². The van der Waals surface area contributed by atoms with Crippen LogP contribution in [0.1, 0.15) is 5.56 Å². The first-order valence-electron chi connectivity index (χ1n) is 5.40. The molecule has 1 aromatic heterocycles. The van der Waals surface area contributed by atoms with E-state index in [2.05, 4.69) is 9.71 Å². The molecule has 0 unspecified atom stereocenters. The van der Waals surface area contributed by atoms with Crippen LogP contribution in [0.15, 0.2) is 35.7 Å². The second-order valence-corrected chi connectivity index (χ2v) is 6.11. The van der Waals surface area contributed by atoms with E-state index >= 15 is 0 Å². The van der Waals surface area contributed by atoms with Crippen molar-refractivity contribution in [2.24, 2.45) is 12.8 Å². The van der Waals surface area contributed by atoms with Crippen molar-refractivity contribution in [3.8, 4) is 0 Å². The van der Waals surface area contributed by atoms with Gasteiger partial charge in [0.2, 0.25) is 0 Å². The number of aryl methyl sites for hydroxylation is 1. The zero-order valence-corrected chi connectivity index (χ0v) is 12.0. The van der Waals surface area contributed by atoms with Crippen molar-refractivity contribution < 1.29 is 12.8 Å². The maximum atomic E-state index is 13.4. The molecule has 0 aliphatic rings. The average Bonchev–Trinajstić information content (AvgIpc) is 2.78. The number of anilines is 1. The molecule has 106 valence electrons. The number of aromatic nitrogens is 2. The van der Waals surface area contributed by atoms with Crippen molar-refractivity contribution >= 4 is 32.9 Å². The number of nitrogens with two attached hydrogens (primary N) is 1. The van der Waals surface area contributed by atoms with E-state index in [-0.39, 0.29) is 21.3 Å². The first kappa shape index (κ1) is 14.4. The molecule has 0 spiro atoms. The third-order valence-electron chi connectivity index (χ3n) is 2.44. The number of imidazole rings is 1. The molecule has 20 heavy (non-hydrogen) atoms. The SMILES string of the molecule is Cn1cnc(S(=O)(=O)Nc2ccc(F)c(C(N)=S)c2)c1. The Morgan fingerprint density at radius 2 is 2.20 bits per heavy atom. The monoisotopic (exact) mass is 314 g/mol. The van der Waals surface area contributed by atoms with E-state index in [9.17, 15) is 12.8 Å². The van der Waals surface area contributed by atoms with Crippen LogP contribution in [-0.2, 0) is 17.1 Å². The fourth-order valence-corrected chi connectivity index (χ4v) is 2.70. The van der Waals surface area contributed by atoms with Crippen molar-refractivity contribution in [2.45, 2.75) is 5.03 Å². The lowest BCUT2D eigenvalue weighted by Crippen LogP contribution is -2.16. The minimum atomic E-state index is -3.84. The van der Waals surface area contributed by atoms with Crippen molar-refractivity contribution in [2.75, 3.05) is 4.72 Å². The predicted octanol–water partition coefficient (Wildman–Crippen LogP) is 0.994. The molecule has 0 atom stereocenters. The molecule has 0 saturated heterocycles. The second kappa shape index (κ2) is 5.17. The Hall–Kier alpha value is -2.00. The Kier molecular flexibility index (Phi) is 3.73. The number of nitrogens with zero attached hydrogens (tertiary/aromatic N) is 2. The number of hydrogen-bond donors (Lipinski definition) is 2. The summed E-state index contributed by atoms with van der Waals surface area (Å²) in [6, 6.07) is 3.60. The Morgan fingerprint density at radius 3 is 2.75 bits per heavy atom. The standard InChI is InChI=1S/C11H11FN4O2S2/c1-16-5-10(14-6-16)20(17,18)15-7-2-3-9(12)8(4-7)11(13)19/h2-6,15H,1H3,(H2,13,19). The molecule has 2 rings (SSSR count). The summed E-state index contributed by atoms with van der Waals surface area (Å²) in [6.07, 6.45) is 2.71. The fourth-order valence-electron chi connectivity index (χ4n) is 1.51. The lowest BCUT2D eigenvalue weighted by molar-refractivity contribution is 0.598. The summed E-state index contributed by atoms with van der Waals surface area (Å²) in [6.45, 7) is 0. The molecule has 0 radical (unpaired) electrons. The third-order valence-corrected chi connectivity index (χ3v) is 3.93. The van der Waals surface area contributed by atoms with Crippen LogP contribution >= 0.6 is 12.2 Å². The maximum Gasteiger partial charge on any atom is 0.280 e. The van der Waals surface area contributed by atoms with Gasteiger partial charge in [-0.25, -0.2) is 9.37 Å². The lowest BCUT2D eigenvalue weighted by Gasteiger charge is -2.08. The smallest absolute Gasteiger partial charge is 0.280 e. The quantitative estimate of drug-likeness (QED) is 0.822. The van der Waals surface area contributed by atoms with Crippen molar-refractivity contribution in [3.05, 3.63) is 42.1 Å². The van der Waals surface area contributed by atoms with Crippen LogP contribution in [0.3, 0.4) is 0 Å². The number of benzene rings is 1. The molecule has 0 saturated carbocycles. The number of nitrogens with one attached hydrogen (secondary N) is 1. The number of rotatable bonds is 4. The van der Waals surface area contributed by atoms with Crippen LogP contribution in [0.25, 0.3) is 0 Å². The molecule has 2 aromatic rings. The molecule has 0 aliphatic carbocycles. The molecule has 0 fully saturated rings. The van der Waals surface area contributed by atoms with Gasteiger partial charge < -0.3 is 10.3 Å². The highest BCUT2D eigenvalue weighted by atomic mass is 32.2. The number of thiocarbonyl (C=S) groups is 1. The second-order valence-electron chi connectivity index (χ2n) is 4.04. The highest BCUT2D eigenvalue weighted by Crippen LogP contribution is 2.18. The van der Waals surface area contributed by atoms with Crippen LogP contribution in [0.5, 0.6) is 0 Å². The first-order valence-corrected chi connectivity index (χ1v) is 7.29. The first-order chi connectivity index (χ1) is 9.29. The van der Waals surface area contributed by atoms with Crippen LogP contribution < -0.4 is 10.5 Å². The van der Waals surface area contributed by atoms with E-state index < -0.39 is 15.8 Å². The molecule has 6 nitrogen and oxygen atoms in total. The van der Waals surface area contributed by atoms with E-state index in [1.807, 2.05) is 0 Å². The zero-order chi connectivity index (χ0) is 14.9. The third kappa shape index (κ3) is 2.94. The predicted molar refractivity (Wildman–Crippen MR) is 76.3 cm³/mol. The van der Waals surface area contributed by atoms with Crippen molar-refractivity contribution in [1.82, 2.24) is 9.55 Å². The Morgan fingerprint density at radius 1 is 1.50 bits per heavy atom. The topological polar surface area (TPSA) is 90.0 Å². The summed E-state index contributed by atoms with van der Waals surface area (Å²) in [7, 11) is -2.19. The summed E-state index contributed by atoms with van der Waals surface area (Å²) in [5.74, 6) is -0.613. The largest absolute Gasteiger partial charge is 0.389 e. The van der Waals surface area contributed by atoms with Gasteiger partial charge in [0.15, 0.2) is 5.03 Å². The molecule has 0 aliphatic heterocycles. The van der Waals surface area contributed by atoms with Gasteiger partial charge in [-0.15, -0.1) is 0 Å². The normalized spacial score (nSPS) is 11.3. The summed E-state index contributed by atoms with van der Waals surface area (Å²) < 4.78 is 41.3. The summed E-state index contributed by atoms with van der Waals surface area (Å²) in [5.41, 5.74) is 5.49. The van der Waals surface area contributed by atoms with E-state index in [0.29, 0.717) is 0 Å². The van der Waals surface area contributed by atoms with Gasteiger partial charge in [0, 0.05) is 24.5 Å². The van der Waals surface area contributed by atoms with Gasteiger partial charge >= 0.3 is 0 Å². The van der Waals surface area contributed by atoms with Crippen molar-refractivity contribution in [3.63, 3.8) is 0 Å². The highest BCUT2D eigenvalue weighted by molar-refractivity contribution is 7.92. The van der Waals surface area contributed by atoms with Gasteiger partial charge in [0.25, 0.3) is 10.0 Å². The van der Waals surface area contributed by atoms with Gasteiger partial charge in [0.05, 0.1) is 6.33 Å². The molecular weight excluding hydrogens is 303 g/mol. The average molecular weight is 314 g/mol. The van der Waals surface area contributed by atoms with Gasteiger partial charge in [-0.1, -0.05) is 12.2 Å². The maximum absolute atomic E-state index is 13.4. The van der Waals surface area contributed by atoms with Crippen LogP contribution in [0.4, 0.5) is 10.1 Å². The molecule has 0 bridgehead atoms. The molecule has 0 amide bonds.